The molecule has 0 spiro atoms. The van der Waals surface area contributed by atoms with Gasteiger partial charge in [-0.1, -0.05) is 35.5 Å². The fourth-order valence-electron chi connectivity index (χ4n) is 1.63. The highest BCUT2D eigenvalue weighted by atomic mass is 16.5. The van der Waals surface area contributed by atoms with Crippen molar-refractivity contribution >= 4 is 11.8 Å². The number of hydrogen-bond acceptors (Lipinski definition) is 4. The van der Waals surface area contributed by atoms with Gasteiger partial charge < -0.3 is 15.2 Å². The van der Waals surface area contributed by atoms with Crippen LogP contribution in [0.5, 0.6) is 0 Å². The summed E-state index contributed by atoms with van der Waals surface area (Å²) in [6, 6.07) is 11.0. The Bertz CT molecular complexity index is 593. The largest absolute Gasteiger partial charge is 0.355 e. The molecular weight excluding hydrogens is 258 g/mol. The van der Waals surface area contributed by atoms with Crippen molar-refractivity contribution in [1.82, 2.24) is 15.8 Å². The van der Waals surface area contributed by atoms with Gasteiger partial charge in [0.15, 0.2) is 11.5 Å². The number of carbonyl (C=O) groups is 2. The van der Waals surface area contributed by atoms with Gasteiger partial charge in [-0.3, -0.25) is 9.59 Å². The number of nitrogens with one attached hydrogen (secondary N) is 2. The molecule has 104 valence electrons. The van der Waals surface area contributed by atoms with E-state index in [4.69, 9.17) is 4.52 Å². The fraction of sp³-hybridized carbons (Fsp3) is 0.214. The Kier molecular flexibility index (Phi) is 4.49. The minimum absolute atomic E-state index is 0.132. The normalized spacial score (nSPS) is 10.1. The van der Waals surface area contributed by atoms with Gasteiger partial charge in [0, 0.05) is 31.6 Å². The van der Waals surface area contributed by atoms with Crippen LogP contribution in [-0.2, 0) is 4.79 Å². The summed E-state index contributed by atoms with van der Waals surface area (Å²) in [6.45, 7) is 2.14. The molecule has 0 fully saturated rings. The summed E-state index contributed by atoms with van der Waals surface area (Å²) in [6.07, 6.45) is 0. The molecule has 2 rings (SSSR count). The summed E-state index contributed by atoms with van der Waals surface area (Å²) in [5.41, 5.74) is 1.07. The summed E-state index contributed by atoms with van der Waals surface area (Å²) >= 11 is 0. The van der Waals surface area contributed by atoms with Gasteiger partial charge >= 0.3 is 0 Å². The van der Waals surface area contributed by atoms with E-state index in [9.17, 15) is 9.59 Å². The van der Waals surface area contributed by atoms with Gasteiger partial charge in [0.25, 0.3) is 5.91 Å². The van der Waals surface area contributed by atoms with E-state index in [1.165, 1.54) is 6.92 Å². The van der Waals surface area contributed by atoms with E-state index in [1.54, 1.807) is 6.07 Å². The van der Waals surface area contributed by atoms with E-state index < -0.39 is 0 Å². The van der Waals surface area contributed by atoms with Crippen molar-refractivity contribution in [3.05, 3.63) is 42.1 Å². The monoisotopic (exact) mass is 273 g/mol. The molecule has 0 saturated heterocycles. The van der Waals surface area contributed by atoms with Gasteiger partial charge in [-0.05, 0) is 0 Å². The average Bonchev–Trinajstić information content (AvgIpc) is 2.94. The number of hydrogen-bond donors (Lipinski definition) is 2. The molecule has 2 aromatic rings. The number of benzene rings is 1. The third-order valence-corrected chi connectivity index (χ3v) is 2.59. The molecule has 0 saturated carbocycles. The Morgan fingerprint density at radius 1 is 1.15 bits per heavy atom. The average molecular weight is 273 g/mol. The van der Waals surface area contributed by atoms with Crippen molar-refractivity contribution in [2.45, 2.75) is 6.92 Å². The van der Waals surface area contributed by atoms with Crippen LogP contribution < -0.4 is 10.6 Å². The summed E-state index contributed by atoms with van der Waals surface area (Å²) in [5, 5.41) is 8.96. The fourth-order valence-corrected chi connectivity index (χ4v) is 1.63. The molecule has 2 N–H and O–H groups in total. The Morgan fingerprint density at radius 2 is 1.85 bits per heavy atom. The maximum atomic E-state index is 11.8. The maximum Gasteiger partial charge on any atom is 0.273 e. The van der Waals surface area contributed by atoms with Gasteiger partial charge in [-0.2, -0.15) is 0 Å². The van der Waals surface area contributed by atoms with E-state index in [1.807, 2.05) is 30.3 Å². The zero-order chi connectivity index (χ0) is 14.4. The molecule has 2 amide bonds. The SMILES string of the molecule is CC(=O)NCCNC(=O)c1cc(-c2ccccc2)on1. The second-order valence-corrected chi connectivity index (χ2v) is 4.18. The Labute approximate surface area is 116 Å². The van der Waals surface area contributed by atoms with Crippen LogP contribution in [0.1, 0.15) is 17.4 Å². The molecule has 6 nitrogen and oxygen atoms in total. The standard InChI is InChI=1S/C14H15N3O3/c1-10(18)15-7-8-16-14(19)12-9-13(20-17-12)11-5-3-2-4-6-11/h2-6,9H,7-8H2,1H3,(H,15,18)(H,16,19). The van der Waals surface area contributed by atoms with Crippen molar-refractivity contribution in [3.63, 3.8) is 0 Å². The zero-order valence-corrected chi connectivity index (χ0v) is 11.1. The molecule has 1 aromatic heterocycles. The molecule has 20 heavy (non-hydrogen) atoms. The van der Waals surface area contributed by atoms with Crippen LogP contribution in [0.25, 0.3) is 11.3 Å². The van der Waals surface area contributed by atoms with Crippen molar-refractivity contribution < 1.29 is 14.1 Å². The third-order valence-electron chi connectivity index (χ3n) is 2.59. The summed E-state index contributed by atoms with van der Waals surface area (Å²) in [4.78, 5) is 22.5. The lowest BCUT2D eigenvalue weighted by atomic mass is 10.1. The van der Waals surface area contributed by atoms with E-state index in [0.29, 0.717) is 18.8 Å². The topological polar surface area (TPSA) is 84.2 Å². The van der Waals surface area contributed by atoms with Crippen molar-refractivity contribution in [1.29, 1.82) is 0 Å². The smallest absolute Gasteiger partial charge is 0.273 e. The van der Waals surface area contributed by atoms with Crippen LogP contribution in [0.3, 0.4) is 0 Å². The Hall–Kier alpha value is -2.63. The molecule has 0 atom stereocenters. The van der Waals surface area contributed by atoms with Crippen LogP contribution in [-0.4, -0.2) is 30.1 Å². The molecule has 0 radical (unpaired) electrons. The Balaban J connectivity index is 1.92. The first kappa shape index (κ1) is 13.8. The van der Waals surface area contributed by atoms with Crippen LogP contribution >= 0.6 is 0 Å². The lowest BCUT2D eigenvalue weighted by Gasteiger charge is -2.02. The van der Waals surface area contributed by atoms with Crippen molar-refractivity contribution in [2.24, 2.45) is 0 Å². The predicted octanol–water partition coefficient (Wildman–Crippen LogP) is 1.21. The zero-order valence-electron chi connectivity index (χ0n) is 11.1. The van der Waals surface area contributed by atoms with E-state index in [-0.39, 0.29) is 17.5 Å². The minimum Gasteiger partial charge on any atom is -0.355 e. The van der Waals surface area contributed by atoms with Gasteiger partial charge in [0.1, 0.15) is 0 Å². The Morgan fingerprint density at radius 3 is 2.55 bits per heavy atom. The molecule has 1 heterocycles. The van der Waals surface area contributed by atoms with E-state index in [0.717, 1.165) is 5.56 Å². The van der Waals surface area contributed by atoms with Gasteiger partial charge in [0.2, 0.25) is 5.91 Å². The molecule has 0 aliphatic heterocycles. The molecular formula is C14H15N3O3. The highest BCUT2D eigenvalue weighted by molar-refractivity contribution is 5.93. The molecule has 0 aliphatic rings. The van der Waals surface area contributed by atoms with Gasteiger partial charge in [-0.15, -0.1) is 0 Å². The van der Waals surface area contributed by atoms with Gasteiger partial charge in [0.05, 0.1) is 0 Å². The number of aromatic nitrogens is 1. The summed E-state index contributed by atoms with van der Waals surface area (Å²) < 4.78 is 5.14. The van der Waals surface area contributed by atoms with E-state index in [2.05, 4.69) is 15.8 Å². The molecule has 0 bridgehead atoms. The van der Waals surface area contributed by atoms with Crippen molar-refractivity contribution in [2.75, 3.05) is 13.1 Å². The highest BCUT2D eigenvalue weighted by Gasteiger charge is 2.12. The molecule has 6 heteroatoms. The van der Waals surface area contributed by atoms with Crippen LogP contribution in [0.2, 0.25) is 0 Å². The van der Waals surface area contributed by atoms with Gasteiger partial charge in [-0.25, -0.2) is 0 Å². The number of carbonyl (C=O) groups excluding carboxylic acids is 2. The predicted molar refractivity (Wildman–Crippen MR) is 73.0 cm³/mol. The quantitative estimate of drug-likeness (QED) is 0.802. The second-order valence-electron chi connectivity index (χ2n) is 4.18. The molecule has 0 unspecified atom stereocenters. The first-order valence-corrected chi connectivity index (χ1v) is 6.21. The number of amides is 2. The third kappa shape index (κ3) is 3.68. The van der Waals surface area contributed by atoms with Crippen LogP contribution in [0, 0.1) is 0 Å². The first-order valence-electron chi connectivity index (χ1n) is 6.21. The first-order chi connectivity index (χ1) is 9.66. The second kappa shape index (κ2) is 6.51. The van der Waals surface area contributed by atoms with Crippen LogP contribution in [0.4, 0.5) is 0 Å². The molecule has 0 aliphatic carbocycles. The molecule has 1 aromatic carbocycles. The minimum atomic E-state index is -0.332. The summed E-state index contributed by atoms with van der Waals surface area (Å²) in [7, 11) is 0. The van der Waals surface area contributed by atoms with Crippen LogP contribution in [0.15, 0.2) is 40.9 Å². The van der Waals surface area contributed by atoms with E-state index >= 15 is 0 Å². The maximum absolute atomic E-state index is 11.8. The van der Waals surface area contributed by atoms with Crippen molar-refractivity contribution in [3.8, 4) is 11.3 Å². The lowest BCUT2D eigenvalue weighted by molar-refractivity contribution is -0.118. The number of rotatable bonds is 5. The summed E-state index contributed by atoms with van der Waals surface area (Å²) in [5.74, 6) is 0.0749. The number of nitrogens with zero attached hydrogens (tertiary/aromatic N) is 1. The highest BCUT2D eigenvalue weighted by Crippen LogP contribution is 2.19. The lowest BCUT2D eigenvalue weighted by Crippen LogP contribution is -2.33.